The average molecular weight is 193 g/mol. The molecule has 1 fully saturated rings. The first-order valence-corrected chi connectivity index (χ1v) is 5.53. The molecule has 14 heavy (non-hydrogen) atoms. The predicted molar refractivity (Wildman–Crippen MR) is 57.1 cm³/mol. The zero-order valence-corrected chi connectivity index (χ0v) is 9.05. The molecule has 2 heteroatoms. The Labute approximate surface area is 85.7 Å². The third kappa shape index (κ3) is 2.01. The van der Waals surface area contributed by atoms with Crippen molar-refractivity contribution in [2.45, 2.75) is 45.7 Å². The molecule has 0 spiro atoms. The van der Waals surface area contributed by atoms with Gasteiger partial charge in [-0.1, -0.05) is 13.3 Å². The Morgan fingerprint density at radius 1 is 1.50 bits per heavy atom. The number of rotatable bonds is 3. The molecule has 0 aromatic carbocycles. The molecule has 78 valence electrons. The van der Waals surface area contributed by atoms with Crippen LogP contribution in [0.2, 0.25) is 0 Å². The molecule has 0 bridgehead atoms. The van der Waals surface area contributed by atoms with Gasteiger partial charge in [0.05, 0.1) is 6.26 Å². The van der Waals surface area contributed by atoms with Gasteiger partial charge in [0.1, 0.15) is 5.76 Å². The molecule has 1 aliphatic rings. The van der Waals surface area contributed by atoms with Crippen LogP contribution in [0.4, 0.5) is 0 Å². The van der Waals surface area contributed by atoms with Crippen LogP contribution < -0.4 is 5.32 Å². The van der Waals surface area contributed by atoms with Gasteiger partial charge in [-0.05, 0) is 31.7 Å². The predicted octanol–water partition coefficient (Wildman–Crippen LogP) is 2.87. The standard InChI is InChI=1S/C12H19NO/c1-9-4-3-5-12(9)13-8-11-6-7-14-10(11)2/h6-7,9,12-13H,3-5,8H2,1-2H3. The molecule has 2 atom stereocenters. The summed E-state index contributed by atoms with van der Waals surface area (Å²) in [5, 5.41) is 3.61. The molecule has 1 aromatic heterocycles. The van der Waals surface area contributed by atoms with E-state index in [4.69, 9.17) is 4.42 Å². The van der Waals surface area contributed by atoms with Crippen molar-refractivity contribution in [2.75, 3.05) is 0 Å². The van der Waals surface area contributed by atoms with Crippen LogP contribution in [-0.2, 0) is 6.54 Å². The maximum atomic E-state index is 5.27. The third-order valence-corrected chi connectivity index (χ3v) is 3.38. The molecule has 0 radical (unpaired) electrons. The lowest BCUT2D eigenvalue weighted by Gasteiger charge is -2.16. The topological polar surface area (TPSA) is 25.2 Å². The summed E-state index contributed by atoms with van der Waals surface area (Å²) in [5.41, 5.74) is 1.30. The molecule has 1 aromatic rings. The van der Waals surface area contributed by atoms with E-state index in [-0.39, 0.29) is 0 Å². The summed E-state index contributed by atoms with van der Waals surface area (Å²) in [5.74, 6) is 1.88. The molecular formula is C12H19NO. The quantitative estimate of drug-likeness (QED) is 0.798. The van der Waals surface area contributed by atoms with E-state index in [1.54, 1.807) is 6.26 Å². The monoisotopic (exact) mass is 193 g/mol. The van der Waals surface area contributed by atoms with Gasteiger partial charge < -0.3 is 9.73 Å². The highest BCUT2D eigenvalue weighted by atomic mass is 16.3. The van der Waals surface area contributed by atoms with Crippen LogP contribution in [0, 0.1) is 12.8 Å². The summed E-state index contributed by atoms with van der Waals surface area (Å²) < 4.78 is 5.27. The zero-order valence-electron chi connectivity index (χ0n) is 9.05. The van der Waals surface area contributed by atoms with Crippen LogP contribution in [-0.4, -0.2) is 6.04 Å². The molecule has 2 nitrogen and oxygen atoms in total. The molecule has 2 unspecified atom stereocenters. The second-order valence-electron chi connectivity index (χ2n) is 4.40. The zero-order chi connectivity index (χ0) is 9.97. The Morgan fingerprint density at radius 3 is 2.93 bits per heavy atom. The lowest BCUT2D eigenvalue weighted by Crippen LogP contribution is -2.30. The van der Waals surface area contributed by atoms with E-state index in [1.807, 2.05) is 6.92 Å². The average Bonchev–Trinajstić information content (AvgIpc) is 2.72. The van der Waals surface area contributed by atoms with Gasteiger partial charge in [-0.25, -0.2) is 0 Å². The van der Waals surface area contributed by atoms with Gasteiger partial charge in [0, 0.05) is 18.2 Å². The van der Waals surface area contributed by atoms with Crippen LogP contribution in [0.15, 0.2) is 16.7 Å². The normalized spacial score (nSPS) is 27.0. The summed E-state index contributed by atoms with van der Waals surface area (Å²) in [6.07, 6.45) is 5.85. The van der Waals surface area contributed by atoms with E-state index in [0.717, 1.165) is 18.2 Å². The van der Waals surface area contributed by atoms with Crippen molar-refractivity contribution in [1.29, 1.82) is 0 Å². The molecule has 0 amide bonds. The number of aryl methyl sites for hydroxylation is 1. The summed E-state index contributed by atoms with van der Waals surface area (Å²) in [4.78, 5) is 0. The van der Waals surface area contributed by atoms with E-state index < -0.39 is 0 Å². The molecule has 1 aliphatic carbocycles. The summed E-state index contributed by atoms with van der Waals surface area (Å²) >= 11 is 0. The van der Waals surface area contributed by atoms with E-state index in [2.05, 4.69) is 18.3 Å². The molecule has 2 rings (SSSR count). The van der Waals surface area contributed by atoms with E-state index in [1.165, 1.54) is 24.8 Å². The first-order valence-electron chi connectivity index (χ1n) is 5.53. The fourth-order valence-corrected chi connectivity index (χ4v) is 2.28. The maximum absolute atomic E-state index is 5.27. The van der Waals surface area contributed by atoms with Gasteiger partial charge in [-0.2, -0.15) is 0 Å². The van der Waals surface area contributed by atoms with E-state index >= 15 is 0 Å². The SMILES string of the molecule is Cc1occc1CNC1CCCC1C. The van der Waals surface area contributed by atoms with Gasteiger partial charge in [-0.15, -0.1) is 0 Å². The summed E-state index contributed by atoms with van der Waals surface area (Å²) in [6, 6.07) is 2.77. The van der Waals surface area contributed by atoms with Gasteiger partial charge in [0.15, 0.2) is 0 Å². The van der Waals surface area contributed by atoms with Crippen LogP contribution in [0.25, 0.3) is 0 Å². The highest BCUT2D eigenvalue weighted by Gasteiger charge is 2.22. The van der Waals surface area contributed by atoms with Crippen LogP contribution in [0.3, 0.4) is 0 Å². The van der Waals surface area contributed by atoms with Crippen molar-refractivity contribution in [3.63, 3.8) is 0 Å². The van der Waals surface area contributed by atoms with Crippen LogP contribution in [0.1, 0.15) is 37.5 Å². The van der Waals surface area contributed by atoms with Gasteiger partial charge in [-0.3, -0.25) is 0 Å². The van der Waals surface area contributed by atoms with Gasteiger partial charge in [0.25, 0.3) is 0 Å². The number of nitrogens with one attached hydrogen (secondary N) is 1. The number of furan rings is 1. The van der Waals surface area contributed by atoms with Crippen molar-refractivity contribution in [2.24, 2.45) is 5.92 Å². The minimum atomic E-state index is 0.712. The fraction of sp³-hybridized carbons (Fsp3) is 0.667. The lowest BCUT2D eigenvalue weighted by atomic mass is 10.1. The number of hydrogen-bond donors (Lipinski definition) is 1. The summed E-state index contributed by atoms with van der Waals surface area (Å²) in [6.45, 7) is 5.32. The van der Waals surface area contributed by atoms with Gasteiger partial charge >= 0.3 is 0 Å². The first kappa shape index (κ1) is 9.78. The van der Waals surface area contributed by atoms with E-state index in [0.29, 0.717) is 6.04 Å². The molecule has 0 aliphatic heterocycles. The fourth-order valence-electron chi connectivity index (χ4n) is 2.28. The van der Waals surface area contributed by atoms with Crippen LogP contribution >= 0.6 is 0 Å². The van der Waals surface area contributed by atoms with Crippen LogP contribution in [0.5, 0.6) is 0 Å². The van der Waals surface area contributed by atoms with Crippen molar-refractivity contribution in [3.05, 3.63) is 23.7 Å². The molecule has 1 saturated carbocycles. The Bertz CT molecular complexity index is 292. The Hall–Kier alpha value is -0.760. The Balaban J connectivity index is 1.85. The van der Waals surface area contributed by atoms with Crippen molar-refractivity contribution in [3.8, 4) is 0 Å². The molecule has 1 heterocycles. The van der Waals surface area contributed by atoms with Crippen molar-refractivity contribution in [1.82, 2.24) is 5.32 Å². The highest BCUT2D eigenvalue weighted by molar-refractivity contribution is 5.15. The van der Waals surface area contributed by atoms with Crippen molar-refractivity contribution < 1.29 is 4.42 Å². The molecule has 1 N–H and O–H groups in total. The largest absolute Gasteiger partial charge is 0.469 e. The lowest BCUT2D eigenvalue weighted by molar-refractivity contribution is 0.423. The van der Waals surface area contributed by atoms with Crippen molar-refractivity contribution >= 4 is 0 Å². The minimum absolute atomic E-state index is 0.712. The maximum Gasteiger partial charge on any atom is 0.105 e. The second-order valence-corrected chi connectivity index (χ2v) is 4.40. The Morgan fingerprint density at radius 2 is 2.36 bits per heavy atom. The third-order valence-electron chi connectivity index (χ3n) is 3.38. The van der Waals surface area contributed by atoms with Gasteiger partial charge in [0.2, 0.25) is 0 Å². The number of hydrogen-bond acceptors (Lipinski definition) is 2. The first-order chi connectivity index (χ1) is 6.77. The summed E-state index contributed by atoms with van der Waals surface area (Å²) in [7, 11) is 0. The second kappa shape index (κ2) is 4.18. The Kier molecular flexibility index (Phi) is 2.92. The molecular weight excluding hydrogens is 174 g/mol. The molecule has 0 saturated heterocycles. The van der Waals surface area contributed by atoms with E-state index in [9.17, 15) is 0 Å². The minimum Gasteiger partial charge on any atom is -0.469 e. The smallest absolute Gasteiger partial charge is 0.105 e. The highest BCUT2D eigenvalue weighted by Crippen LogP contribution is 2.25.